The second-order valence-corrected chi connectivity index (χ2v) is 9.29. The fraction of sp³-hybridized carbons (Fsp3) is 0.167. The van der Waals surface area contributed by atoms with Crippen LogP contribution in [0.2, 0.25) is 0 Å². The molecule has 172 valence electrons. The van der Waals surface area contributed by atoms with Crippen LogP contribution in [0.15, 0.2) is 56.8 Å². The number of hydrogen-bond acceptors (Lipinski definition) is 6. The van der Waals surface area contributed by atoms with E-state index in [4.69, 9.17) is 14.2 Å². The Kier molecular flexibility index (Phi) is 8.71. The predicted molar refractivity (Wildman–Crippen MR) is 138 cm³/mol. The highest BCUT2D eigenvalue weighted by Crippen LogP contribution is 2.38. The fourth-order valence-electron chi connectivity index (χ4n) is 3.06. The van der Waals surface area contributed by atoms with Gasteiger partial charge in [-0.15, -0.1) is 11.3 Å². The zero-order chi connectivity index (χ0) is 24.0. The standard InChI is InChI=1S/C24H21Br2NO5S/c1-4-32-24(29)21-17(15-6-8-16(25)9-7-15)13-33-23(21)27-20(28)10-5-14-11-18(26)22(31-3)19(12-14)30-2/h5-13H,4H2,1-3H3,(H,27,28)/b10-5+. The normalized spacial score (nSPS) is 10.8. The summed E-state index contributed by atoms with van der Waals surface area (Å²) >= 11 is 8.12. The molecule has 0 aliphatic rings. The van der Waals surface area contributed by atoms with E-state index in [0.29, 0.717) is 32.1 Å². The zero-order valence-electron chi connectivity index (χ0n) is 18.1. The van der Waals surface area contributed by atoms with Crippen molar-refractivity contribution in [3.63, 3.8) is 0 Å². The van der Waals surface area contributed by atoms with Gasteiger partial charge in [0, 0.05) is 21.5 Å². The Morgan fingerprint density at radius 3 is 2.45 bits per heavy atom. The number of carbonyl (C=O) groups is 2. The highest BCUT2D eigenvalue weighted by molar-refractivity contribution is 9.10. The minimum Gasteiger partial charge on any atom is -0.493 e. The molecule has 0 atom stereocenters. The SMILES string of the molecule is CCOC(=O)c1c(-c2ccc(Br)cc2)csc1NC(=O)/C=C/c1cc(Br)c(OC)c(OC)c1. The summed E-state index contributed by atoms with van der Waals surface area (Å²) < 4.78 is 17.5. The molecule has 0 spiro atoms. The molecule has 1 N–H and O–H groups in total. The summed E-state index contributed by atoms with van der Waals surface area (Å²) in [7, 11) is 3.09. The molecule has 0 saturated heterocycles. The van der Waals surface area contributed by atoms with E-state index in [9.17, 15) is 9.59 Å². The van der Waals surface area contributed by atoms with Gasteiger partial charge in [0.15, 0.2) is 11.5 Å². The molecule has 0 aliphatic carbocycles. The lowest BCUT2D eigenvalue weighted by molar-refractivity contribution is -0.111. The molecule has 3 rings (SSSR count). The summed E-state index contributed by atoms with van der Waals surface area (Å²) in [5.74, 6) is 0.238. The lowest BCUT2D eigenvalue weighted by Gasteiger charge is -2.10. The molecule has 33 heavy (non-hydrogen) atoms. The molecule has 0 unspecified atom stereocenters. The first-order chi connectivity index (χ1) is 15.9. The first kappa shape index (κ1) is 25.0. The molecule has 9 heteroatoms. The number of methoxy groups -OCH3 is 2. The van der Waals surface area contributed by atoms with Gasteiger partial charge in [-0.1, -0.05) is 28.1 Å². The van der Waals surface area contributed by atoms with Crippen molar-refractivity contribution >= 4 is 66.2 Å². The molecule has 0 saturated carbocycles. The molecule has 0 fully saturated rings. The number of hydrogen-bond donors (Lipinski definition) is 1. The van der Waals surface area contributed by atoms with Crippen LogP contribution in [0.5, 0.6) is 11.5 Å². The largest absolute Gasteiger partial charge is 0.493 e. The summed E-state index contributed by atoms with van der Waals surface area (Å²) in [6.07, 6.45) is 3.04. The Morgan fingerprint density at radius 1 is 1.09 bits per heavy atom. The third-order valence-corrected chi connectivity index (χ3v) is 6.56. The Bertz CT molecular complexity index is 1190. The number of nitrogens with one attached hydrogen (secondary N) is 1. The summed E-state index contributed by atoms with van der Waals surface area (Å²) in [5, 5.41) is 5.06. The van der Waals surface area contributed by atoms with Gasteiger partial charge in [-0.25, -0.2) is 4.79 Å². The van der Waals surface area contributed by atoms with Gasteiger partial charge in [0.2, 0.25) is 5.91 Å². The second-order valence-electron chi connectivity index (χ2n) is 6.64. The van der Waals surface area contributed by atoms with Crippen LogP contribution in [-0.4, -0.2) is 32.7 Å². The summed E-state index contributed by atoms with van der Waals surface area (Å²) in [6, 6.07) is 11.2. The van der Waals surface area contributed by atoms with Gasteiger partial charge < -0.3 is 19.5 Å². The number of benzene rings is 2. The van der Waals surface area contributed by atoms with Crippen molar-refractivity contribution < 1.29 is 23.8 Å². The molecule has 3 aromatic rings. The number of ether oxygens (including phenoxy) is 3. The minimum atomic E-state index is -0.486. The van der Waals surface area contributed by atoms with Gasteiger partial charge in [0.1, 0.15) is 10.6 Å². The van der Waals surface area contributed by atoms with E-state index in [-0.39, 0.29) is 12.5 Å². The monoisotopic (exact) mass is 593 g/mol. The summed E-state index contributed by atoms with van der Waals surface area (Å²) in [4.78, 5) is 25.3. The van der Waals surface area contributed by atoms with Crippen LogP contribution in [0.4, 0.5) is 5.00 Å². The van der Waals surface area contributed by atoms with Crippen molar-refractivity contribution in [2.24, 2.45) is 0 Å². The van der Waals surface area contributed by atoms with Crippen molar-refractivity contribution in [2.75, 3.05) is 26.1 Å². The lowest BCUT2D eigenvalue weighted by atomic mass is 10.0. The topological polar surface area (TPSA) is 73.9 Å². The van der Waals surface area contributed by atoms with Crippen LogP contribution in [0.1, 0.15) is 22.8 Å². The van der Waals surface area contributed by atoms with Gasteiger partial charge in [-0.2, -0.15) is 0 Å². The van der Waals surface area contributed by atoms with Crippen molar-refractivity contribution in [2.45, 2.75) is 6.92 Å². The Morgan fingerprint density at radius 2 is 1.82 bits per heavy atom. The maximum absolute atomic E-state index is 12.7. The molecule has 0 radical (unpaired) electrons. The molecule has 1 heterocycles. The maximum Gasteiger partial charge on any atom is 0.341 e. The molecule has 1 amide bonds. The van der Waals surface area contributed by atoms with E-state index >= 15 is 0 Å². The van der Waals surface area contributed by atoms with Crippen molar-refractivity contribution in [3.05, 3.63) is 67.9 Å². The Labute approximate surface area is 212 Å². The third kappa shape index (κ3) is 6.04. The highest BCUT2D eigenvalue weighted by atomic mass is 79.9. The minimum absolute atomic E-state index is 0.232. The van der Waals surface area contributed by atoms with Crippen LogP contribution in [-0.2, 0) is 9.53 Å². The molecule has 2 aromatic carbocycles. The molecule has 0 aliphatic heterocycles. The summed E-state index contributed by atoms with van der Waals surface area (Å²) in [5.41, 5.74) is 2.62. The zero-order valence-corrected chi connectivity index (χ0v) is 22.1. The molecule has 6 nitrogen and oxygen atoms in total. The number of amides is 1. The fourth-order valence-corrected chi connectivity index (χ4v) is 4.90. The Hall–Kier alpha value is -2.62. The first-order valence-corrected chi connectivity index (χ1v) is 12.3. The number of carbonyl (C=O) groups excluding carboxylic acids is 2. The van der Waals surface area contributed by atoms with Crippen molar-refractivity contribution in [3.8, 4) is 22.6 Å². The number of thiophene rings is 1. The number of halogens is 2. The van der Waals surface area contributed by atoms with Gasteiger partial charge in [0.25, 0.3) is 0 Å². The van der Waals surface area contributed by atoms with Crippen LogP contribution >= 0.6 is 43.2 Å². The highest BCUT2D eigenvalue weighted by Gasteiger charge is 2.22. The van der Waals surface area contributed by atoms with Gasteiger partial charge in [-0.05, 0) is 64.3 Å². The molecule has 0 bridgehead atoms. The quantitative estimate of drug-likeness (QED) is 0.230. The van der Waals surface area contributed by atoms with Crippen molar-refractivity contribution in [1.82, 2.24) is 0 Å². The lowest BCUT2D eigenvalue weighted by Crippen LogP contribution is -2.12. The molecule has 1 aromatic heterocycles. The maximum atomic E-state index is 12.7. The Balaban J connectivity index is 1.87. The van der Waals surface area contributed by atoms with Crippen LogP contribution < -0.4 is 14.8 Å². The average molecular weight is 595 g/mol. The third-order valence-electron chi connectivity index (χ3n) is 4.55. The van der Waals surface area contributed by atoms with Crippen LogP contribution in [0.3, 0.4) is 0 Å². The van der Waals surface area contributed by atoms with E-state index in [2.05, 4.69) is 37.2 Å². The van der Waals surface area contributed by atoms with E-state index in [1.54, 1.807) is 33.3 Å². The van der Waals surface area contributed by atoms with E-state index in [1.807, 2.05) is 35.7 Å². The first-order valence-electron chi connectivity index (χ1n) is 9.83. The number of anilines is 1. The number of esters is 1. The smallest absolute Gasteiger partial charge is 0.341 e. The van der Waals surface area contributed by atoms with Gasteiger partial charge in [-0.3, -0.25) is 4.79 Å². The van der Waals surface area contributed by atoms with Crippen molar-refractivity contribution in [1.29, 1.82) is 0 Å². The second kappa shape index (κ2) is 11.5. The van der Waals surface area contributed by atoms with E-state index in [1.165, 1.54) is 17.4 Å². The van der Waals surface area contributed by atoms with E-state index < -0.39 is 5.97 Å². The average Bonchev–Trinajstić information content (AvgIpc) is 3.21. The van der Waals surface area contributed by atoms with Crippen LogP contribution in [0.25, 0.3) is 17.2 Å². The predicted octanol–water partition coefficient (Wildman–Crippen LogP) is 6.79. The molecular formula is C24H21Br2NO5S. The van der Waals surface area contributed by atoms with Gasteiger partial charge >= 0.3 is 5.97 Å². The van der Waals surface area contributed by atoms with Crippen LogP contribution in [0, 0.1) is 0 Å². The number of rotatable bonds is 8. The molecular weight excluding hydrogens is 574 g/mol. The van der Waals surface area contributed by atoms with E-state index in [0.717, 1.165) is 15.6 Å². The van der Waals surface area contributed by atoms with Gasteiger partial charge in [0.05, 0.1) is 25.3 Å². The summed E-state index contributed by atoms with van der Waals surface area (Å²) in [6.45, 7) is 1.97.